The van der Waals surface area contributed by atoms with Gasteiger partial charge in [0.2, 0.25) is 17.7 Å². The Balaban J connectivity index is 0.000000335. The van der Waals surface area contributed by atoms with Crippen molar-refractivity contribution in [2.75, 3.05) is 7.11 Å². The van der Waals surface area contributed by atoms with Gasteiger partial charge in [-0.3, -0.25) is 24.6 Å². The first-order chi connectivity index (χ1) is 23.6. The van der Waals surface area contributed by atoms with Crippen molar-refractivity contribution in [1.29, 1.82) is 5.41 Å². The first-order valence-corrected chi connectivity index (χ1v) is 15.5. The molecule has 0 aromatic heterocycles. The van der Waals surface area contributed by atoms with Crippen molar-refractivity contribution in [3.63, 3.8) is 0 Å². The molecule has 264 valence electrons. The Morgan fingerprint density at radius 3 is 1.58 bits per heavy atom. The van der Waals surface area contributed by atoms with Crippen molar-refractivity contribution in [1.82, 2.24) is 0 Å². The standard InChI is InChI=1S/C9H12N2O2.C9H8N2O.C9H12N2.C9H11NO3S/c1-6-4-7(9(10)12)2-3-8(6)5-13-11;1-6-5-7(9(10)12)3-4-8(6)11-2;1-6-3-4-8(9(10)11)5-7(6)2;1-6-5-7(9(10)11)3-4-8(6)14-13-12-2/h2-4H,5,11H2,1H3,(H2,10,12);3-5H,1H3,(H2,10,12);3-5H,1-2H3,(H3,10,11);3-5H,1-2H3,(H2,10,11). The first kappa shape index (κ1) is 42.5. The lowest BCUT2D eigenvalue weighted by Crippen LogP contribution is -2.11. The number of nitrogens with one attached hydrogen (secondary N) is 1. The van der Waals surface area contributed by atoms with Crippen LogP contribution in [0.2, 0.25) is 0 Å². The van der Waals surface area contributed by atoms with Gasteiger partial charge in [0.25, 0.3) is 0 Å². The molecule has 0 radical (unpaired) electrons. The molecular weight excluding hydrogens is 659 g/mol. The van der Waals surface area contributed by atoms with E-state index < -0.39 is 17.7 Å². The van der Waals surface area contributed by atoms with E-state index in [0.29, 0.717) is 29.0 Å². The summed E-state index contributed by atoms with van der Waals surface area (Å²) in [4.78, 5) is 45.4. The zero-order valence-electron chi connectivity index (χ0n) is 28.8. The number of rotatable bonds is 9. The highest BCUT2D eigenvalue weighted by molar-refractivity contribution is 7.94. The van der Waals surface area contributed by atoms with E-state index in [4.69, 9.17) is 45.1 Å². The van der Waals surface area contributed by atoms with E-state index in [0.717, 1.165) is 44.8 Å². The number of nitrogen functional groups attached to an aromatic ring is 1. The number of aryl methyl sites for hydroxylation is 5. The Labute approximate surface area is 296 Å². The van der Waals surface area contributed by atoms with Crippen LogP contribution in [0.4, 0.5) is 5.69 Å². The summed E-state index contributed by atoms with van der Waals surface area (Å²) < 4.78 is 4.70. The first-order valence-electron chi connectivity index (χ1n) is 14.7. The lowest BCUT2D eigenvalue weighted by Gasteiger charge is -2.04. The molecule has 0 aliphatic rings. The molecule has 14 heteroatoms. The highest BCUT2D eigenvalue weighted by atomic mass is 32.2. The summed E-state index contributed by atoms with van der Waals surface area (Å²) in [6.45, 7) is 16.7. The normalized spacial score (nSPS) is 9.72. The Morgan fingerprint density at radius 2 is 1.16 bits per heavy atom. The molecule has 13 nitrogen and oxygen atoms in total. The predicted octanol–water partition coefficient (Wildman–Crippen LogP) is 5.40. The largest absolute Gasteiger partial charge is 0.384 e. The second-order valence-electron chi connectivity index (χ2n) is 10.7. The predicted molar refractivity (Wildman–Crippen MR) is 195 cm³/mol. The fourth-order valence-electron chi connectivity index (χ4n) is 3.91. The van der Waals surface area contributed by atoms with Crippen LogP contribution in [0.3, 0.4) is 0 Å². The van der Waals surface area contributed by atoms with Crippen molar-refractivity contribution in [2.45, 2.75) is 46.1 Å². The van der Waals surface area contributed by atoms with Crippen LogP contribution in [0.15, 0.2) is 77.7 Å². The monoisotopic (exact) mass is 701 g/mol. The molecule has 0 fully saturated rings. The van der Waals surface area contributed by atoms with Crippen LogP contribution in [-0.4, -0.2) is 30.7 Å². The molecule has 0 heterocycles. The molecule has 4 rings (SSSR count). The number of amides is 3. The van der Waals surface area contributed by atoms with Gasteiger partial charge in [-0.05, 0) is 104 Å². The molecule has 11 N–H and O–H groups in total. The summed E-state index contributed by atoms with van der Waals surface area (Å²) in [6.07, 6.45) is 0. The molecule has 0 saturated carbocycles. The molecule has 4 aromatic carbocycles. The number of carbonyl (C=O) groups excluding carboxylic acids is 3. The second kappa shape index (κ2) is 21.4. The number of hydrogen-bond acceptors (Lipinski definition) is 9. The minimum absolute atomic E-state index is 0.133. The Bertz CT molecular complexity index is 1860. The number of primary amides is 3. The average molecular weight is 702 g/mol. The average Bonchev–Trinajstić information content (AvgIpc) is 3.07. The van der Waals surface area contributed by atoms with Crippen molar-refractivity contribution < 1.29 is 28.4 Å². The van der Waals surface area contributed by atoms with E-state index >= 15 is 0 Å². The van der Waals surface area contributed by atoms with Crippen molar-refractivity contribution >= 4 is 41.3 Å². The maximum Gasteiger partial charge on any atom is 0.248 e. The Kier molecular flexibility index (Phi) is 18.2. The number of nitrogens with two attached hydrogens (primary N) is 5. The van der Waals surface area contributed by atoms with Crippen LogP contribution in [-0.2, 0) is 20.7 Å². The van der Waals surface area contributed by atoms with Crippen molar-refractivity contribution in [3.8, 4) is 0 Å². The van der Waals surface area contributed by atoms with Crippen LogP contribution >= 0.6 is 12.0 Å². The maximum atomic E-state index is 10.8. The van der Waals surface area contributed by atoms with Gasteiger partial charge in [0.05, 0.1) is 32.3 Å². The van der Waals surface area contributed by atoms with Gasteiger partial charge in [-0.15, -0.1) is 0 Å². The molecule has 3 amide bonds. The molecule has 0 unspecified atom stereocenters. The zero-order chi connectivity index (χ0) is 38.0. The Morgan fingerprint density at radius 1 is 0.680 bits per heavy atom. The quantitative estimate of drug-likeness (QED) is 0.0327. The number of amidine groups is 1. The SMILES string of the molecule is COOSc1ccc(C(N)=O)cc1C.Cc1cc(C(N)=O)ccc1CON.Cc1ccc(C(=N)N)cc1C.[C-]#[N+]c1ccc(C(N)=O)cc1C. The van der Waals surface area contributed by atoms with Gasteiger partial charge in [0.15, 0.2) is 5.69 Å². The molecule has 0 aliphatic carbocycles. The third kappa shape index (κ3) is 14.3. The van der Waals surface area contributed by atoms with E-state index in [1.54, 1.807) is 61.5 Å². The Hall–Kier alpha value is -5.56. The van der Waals surface area contributed by atoms with Gasteiger partial charge < -0.3 is 22.9 Å². The minimum Gasteiger partial charge on any atom is -0.384 e. The lowest BCUT2D eigenvalue weighted by molar-refractivity contribution is -0.160. The van der Waals surface area contributed by atoms with E-state index in [-0.39, 0.29) is 5.84 Å². The molecule has 0 saturated heterocycles. The molecular formula is C36H43N7O6S. The van der Waals surface area contributed by atoms with Crippen molar-refractivity contribution in [3.05, 3.63) is 140 Å². The van der Waals surface area contributed by atoms with E-state index in [9.17, 15) is 14.4 Å². The molecule has 4 aromatic rings. The molecule has 0 atom stereocenters. The van der Waals surface area contributed by atoms with E-state index in [2.05, 4.69) is 14.6 Å². The van der Waals surface area contributed by atoms with Crippen LogP contribution in [0, 0.1) is 46.6 Å². The third-order valence-electron chi connectivity index (χ3n) is 6.94. The summed E-state index contributed by atoms with van der Waals surface area (Å²) in [7, 11) is 1.43. The van der Waals surface area contributed by atoms with Gasteiger partial charge in [-0.1, -0.05) is 36.4 Å². The summed E-state index contributed by atoms with van der Waals surface area (Å²) in [5.74, 6) is 3.74. The summed E-state index contributed by atoms with van der Waals surface area (Å²) in [5.41, 5.74) is 29.4. The smallest absolute Gasteiger partial charge is 0.248 e. The number of hydrogen-bond donors (Lipinski definition) is 6. The topological polar surface area (TPSA) is 237 Å². The van der Waals surface area contributed by atoms with Gasteiger partial charge in [-0.2, -0.15) is 4.33 Å². The number of carbonyl (C=O) groups is 3. The van der Waals surface area contributed by atoms with Gasteiger partial charge >= 0.3 is 0 Å². The van der Waals surface area contributed by atoms with E-state index in [1.165, 1.54) is 18.2 Å². The highest BCUT2D eigenvalue weighted by Gasteiger charge is 2.06. The van der Waals surface area contributed by atoms with Gasteiger partial charge in [-0.25, -0.2) is 15.6 Å². The highest BCUT2D eigenvalue weighted by Crippen LogP contribution is 2.24. The lowest BCUT2D eigenvalue weighted by atomic mass is 10.1. The fraction of sp³-hybridized carbons (Fsp3) is 0.194. The van der Waals surface area contributed by atoms with Gasteiger partial charge in [0, 0.05) is 27.1 Å². The minimum atomic E-state index is -0.463. The number of nitrogens with zero attached hydrogens (tertiary/aromatic N) is 1. The molecule has 50 heavy (non-hydrogen) atoms. The van der Waals surface area contributed by atoms with Crippen LogP contribution in [0.5, 0.6) is 0 Å². The molecule has 0 spiro atoms. The number of benzene rings is 4. The second-order valence-corrected chi connectivity index (χ2v) is 11.4. The van der Waals surface area contributed by atoms with Crippen LogP contribution in [0.25, 0.3) is 4.85 Å². The fourth-order valence-corrected chi connectivity index (χ4v) is 4.37. The van der Waals surface area contributed by atoms with E-state index in [1.807, 2.05) is 45.9 Å². The summed E-state index contributed by atoms with van der Waals surface area (Å²) in [6, 6.07) is 20.8. The third-order valence-corrected chi connectivity index (χ3v) is 7.78. The van der Waals surface area contributed by atoms with Crippen molar-refractivity contribution in [2.24, 2.45) is 28.8 Å². The van der Waals surface area contributed by atoms with Gasteiger partial charge in [0.1, 0.15) is 5.84 Å². The summed E-state index contributed by atoms with van der Waals surface area (Å²) >= 11 is 1.09. The zero-order valence-corrected chi connectivity index (χ0v) is 29.6. The molecule has 0 bridgehead atoms. The maximum absolute atomic E-state index is 10.8. The molecule has 0 aliphatic heterocycles. The van der Waals surface area contributed by atoms with Crippen LogP contribution < -0.4 is 28.8 Å². The van der Waals surface area contributed by atoms with Crippen LogP contribution in [0.1, 0.15) is 70.0 Å². The summed E-state index contributed by atoms with van der Waals surface area (Å²) in [5, 5.41) is 7.18.